The van der Waals surface area contributed by atoms with E-state index in [1.165, 1.54) is 4.90 Å². The van der Waals surface area contributed by atoms with Gasteiger partial charge in [0.2, 0.25) is 0 Å². The van der Waals surface area contributed by atoms with Crippen LogP contribution in [0.5, 0.6) is 0 Å². The minimum atomic E-state index is -1.64. The van der Waals surface area contributed by atoms with Crippen LogP contribution >= 0.6 is 11.6 Å². The number of aldehydes is 1. The van der Waals surface area contributed by atoms with E-state index in [4.69, 9.17) is 17.3 Å². The van der Waals surface area contributed by atoms with Gasteiger partial charge in [-0.15, -0.1) is 0 Å². The number of benzene rings is 1. The number of piperazine rings is 1. The quantitative estimate of drug-likeness (QED) is 0.371. The van der Waals surface area contributed by atoms with E-state index in [1.807, 2.05) is 4.90 Å². The zero-order valence-corrected chi connectivity index (χ0v) is 22.4. The number of likely N-dealkylation sites (tertiary alicyclic amines) is 1. The predicted molar refractivity (Wildman–Crippen MR) is 143 cm³/mol. The Morgan fingerprint density at radius 3 is 2.56 bits per heavy atom. The third kappa shape index (κ3) is 5.96. The number of anilines is 2. The van der Waals surface area contributed by atoms with Crippen molar-refractivity contribution < 1.29 is 22.8 Å². The fourth-order valence-corrected chi connectivity index (χ4v) is 5.50. The fourth-order valence-electron chi connectivity index (χ4n) is 5.26. The molecule has 0 spiro atoms. The van der Waals surface area contributed by atoms with Crippen LogP contribution in [0.15, 0.2) is 18.7 Å². The molecule has 2 aliphatic heterocycles. The average molecular weight is 566 g/mol. The number of halogens is 4. The summed E-state index contributed by atoms with van der Waals surface area (Å²) < 4.78 is 41.1. The fraction of sp³-hybridized carbons (Fsp3) is 0.462. The van der Waals surface area contributed by atoms with E-state index in [1.54, 1.807) is 0 Å². The molecule has 2 fully saturated rings. The molecule has 0 aliphatic carbocycles. The molecule has 2 aromatic rings. The number of nitrogens with one attached hydrogen (secondary N) is 1. The van der Waals surface area contributed by atoms with Gasteiger partial charge in [-0.3, -0.25) is 9.69 Å². The number of rotatable bonds is 8. The van der Waals surface area contributed by atoms with Crippen LogP contribution < -0.4 is 16.0 Å². The van der Waals surface area contributed by atoms with Crippen molar-refractivity contribution in [2.45, 2.75) is 38.3 Å². The molecule has 0 bridgehead atoms. The third-order valence-corrected chi connectivity index (χ3v) is 7.59. The number of hydrogen-bond donors (Lipinski definition) is 2. The minimum absolute atomic E-state index is 0.0637. The molecule has 1 amide bonds. The number of hydrogen-bond acceptors (Lipinski definition) is 8. The Morgan fingerprint density at radius 1 is 1.18 bits per heavy atom. The van der Waals surface area contributed by atoms with Crippen molar-refractivity contribution in [1.29, 1.82) is 0 Å². The molecule has 4 rings (SSSR count). The lowest BCUT2D eigenvalue weighted by molar-refractivity contribution is -0.107. The maximum Gasteiger partial charge on any atom is 0.256 e. The van der Waals surface area contributed by atoms with Crippen LogP contribution in [0.25, 0.3) is 5.70 Å². The Balaban J connectivity index is 1.39. The van der Waals surface area contributed by atoms with Crippen LogP contribution in [0, 0.1) is 17.5 Å². The third-order valence-electron chi connectivity index (χ3n) is 7.33. The van der Waals surface area contributed by atoms with Gasteiger partial charge in [-0.25, -0.2) is 23.1 Å². The number of aromatic nitrogens is 2. The van der Waals surface area contributed by atoms with Crippen LogP contribution in [0.4, 0.5) is 24.8 Å². The van der Waals surface area contributed by atoms with E-state index in [0.29, 0.717) is 62.5 Å². The zero-order valence-electron chi connectivity index (χ0n) is 21.6. The lowest BCUT2D eigenvalue weighted by atomic mass is 9.97. The van der Waals surface area contributed by atoms with Crippen molar-refractivity contribution in [2.24, 2.45) is 0 Å². The van der Waals surface area contributed by atoms with Crippen molar-refractivity contribution >= 4 is 41.1 Å². The highest BCUT2D eigenvalue weighted by Gasteiger charge is 2.36. The second-order valence-corrected chi connectivity index (χ2v) is 9.95. The van der Waals surface area contributed by atoms with E-state index >= 15 is 0 Å². The number of nitrogens with two attached hydrogens (primary N) is 1. The summed E-state index contributed by atoms with van der Waals surface area (Å²) in [7, 11) is 0. The van der Waals surface area contributed by atoms with E-state index in [2.05, 4.69) is 33.7 Å². The topological polar surface area (TPSA) is 108 Å². The summed E-state index contributed by atoms with van der Waals surface area (Å²) in [6, 6.07) is 2.14. The van der Waals surface area contributed by atoms with Crippen molar-refractivity contribution in [3.63, 3.8) is 0 Å². The molecule has 39 heavy (non-hydrogen) atoms. The molecule has 3 heterocycles. The molecule has 1 aromatic heterocycles. The molecule has 1 atom stereocenters. The smallest absolute Gasteiger partial charge is 0.256 e. The largest absolute Gasteiger partial charge is 0.382 e. The van der Waals surface area contributed by atoms with Crippen molar-refractivity contribution in [2.75, 3.05) is 49.9 Å². The van der Waals surface area contributed by atoms with Crippen molar-refractivity contribution in [3.8, 4) is 0 Å². The van der Waals surface area contributed by atoms with Crippen LogP contribution in [0.3, 0.4) is 0 Å². The standard InChI is InChI=1S/C26H31ClF3N7O2/c1-3-16-14-36(25-23(27)33-22(24(31)34-25)15(2)32-8-13-38)11-12-37(16)17-6-9-35(10-7-17)26(39)18-4-5-19(28)21(30)20(18)29/h4-5,13,16-17,32H,2-3,6-12,14H2,1H3,(H2,31,34)/t16-/m0/s1. The minimum Gasteiger partial charge on any atom is -0.382 e. The maximum atomic E-state index is 14.2. The molecule has 13 heteroatoms. The molecule has 2 saturated heterocycles. The first-order valence-electron chi connectivity index (χ1n) is 12.8. The van der Waals surface area contributed by atoms with E-state index < -0.39 is 28.9 Å². The lowest BCUT2D eigenvalue weighted by Gasteiger charge is -2.47. The highest BCUT2D eigenvalue weighted by atomic mass is 35.5. The van der Waals surface area contributed by atoms with E-state index in [0.717, 1.165) is 25.1 Å². The van der Waals surface area contributed by atoms with Gasteiger partial charge in [0.15, 0.2) is 34.2 Å². The van der Waals surface area contributed by atoms with Gasteiger partial charge in [0.25, 0.3) is 5.91 Å². The van der Waals surface area contributed by atoms with Gasteiger partial charge in [-0.1, -0.05) is 25.1 Å². The first kappa shape index (κ1) is 28.6. The SMILES string of the molecule is C=C(NCC=O)c1nc(Cl)c(N2CCN(C3CCN(C(=O)c4ccc(F)c(F)c4F)CC3)[C@@H](CC)C2)nc1N. The normalized spacial score (nSPS) is 18.7. The highest BCUT2D eigenvalue weighted by Crippen LogP contribution is 2.31. The molecule has 0 radical (unpaired) electrons. The maximum absolute atomic E-state index is 14.2. The molecule has 2 aliphatic rings. The average Bonchev–Trinajstić information content (AvgIpc) is 2.95. The highest BCUT2D eigenvalue weighted by molar-refractivity contribution is 6.31. The molecule has 1 aromatic carbocycles. The van der Waals surface area contributed by atoms with Crippen molar-refractivity contribution in [3.05, 3.63) is 52.6 Å². The molecular formula is C26H31ClF3N7O2. The van der Waals surface area contributed by atoms with Crippen LogP contribution in [0.1, 0.15) is 42.2 Å². The zero-order chi connectivity index (χ0) is 28.3. The van der Waals surface area contributed by atoms with Crippen molar-refractivity contribution in [1.82, 2.24) is 25.1 Å². The van der Waals surface area contributed by atoms with Gasteiger partial charge in [0.1, 0.15) is 12.0 Å². The Hall–Kier alpha value is -3.38. The predicted octanol–water partition coefficient (Wildman–Crippen LogP) is 3.09. The molecule has 9 nitrogen and oxygen atoms in total. The lowest BCUT2D eigenvalue weighted by Crippen LogP contribution is -2.58. The molecular weight excluding hydrogens is 535 g/mol. The van der Waals surface area contributed by atoms with Gasteiger partial charge < -0.3 is 25.6 Å². The number of nitrogen functional groups attached to an aromatic ring is 1. The number of nitrogens with zero attached hydrogens (tertiary/aromatic N) is 5. The second-order valence-electron chi connectivity index (χ2n) is 9.59. The number of piperidine rings is 1. The summed E-state index contributed by atoms with van der Waals surface area (Å²) in [5, 5.41) is 2.99. The first-order chi connectivity index (χ1) is 18.7. The van der Waals surface area contributed by atoms with E-state index in [-0.39, 0.29) is 29.6 Å². The number of carbonyl (C=O) groups is 2. The number of amides is 1. The molecule has 0 saturated carbocycles. The van der Waals surface area contributed by atoms with Gasteiger partial charge >= 0.3 is 0 Å². The molecule has 0 unspecified atom stereocenters. The Labute approximate surface area is 229 Å². The summed E-state index contributed by atoms with van der Waals surface area (Å²) in [6.07, 6.45) is 2.90. The van der Waals surface area contributed by atoms with Crippen LogP contribution in [-0.4, -0.2) is 83.3 Å². The molecule has 210 valence electrons. The van der Waals surface area contributed by atoms with Gasteiger partial charge in [-0.2, -0.15) is 0 Å². The van der Waals surface area contributed by atoms with Crippen LogP contribution in [-0.2, 0) is 4.79 Å². The first-order valence-corrected chi connectivity index (χ1v) is 13.2. The van der Waals surface area contributed by atoms with Gasteiger partial charge in [0.05, 0.1) is 17.8 Å². The Morgan fingerprint density at radius 2 is 1.90 bits per heavy atom. The summed E-state index contributed by atoms with van der Waals surface area (Å²) in [6.45, 7) is 8.76. The monoisotopic (exact) mass is 565 g/mol. The molecule has 3 N–H and O–H groups in total. The summed E-state index contributed by atoms with van der Waals surface area (Å²) in [5.41, 5.74) is 6.32. The Bertz CT molecular complexity index is 1260. The Kier molecular flexibility index (Phi) is 8.96. The van der Waals surface area contributed by atoms with Crippen LogP contribution in [0.2, 0.25) is 5.15 Å². The van der Waals surface area contributed by atoms with E-state index in [9.17, 15) is 22.8 Å². The summed E-state index contributed by atoms with van der Waals surface area (Å²) in [5.74, 6) is -4.42. The van der Waals surface area contributed by atoms with Gasteiger partial charge in [-0.05, 0) is 31.4 Å². The second kappa shape index (κ2) is 12.2. The number of carbonyl (C=O) groups excluding carboxylic acids is 2. The van der Waals surface area contributed by atoms with Gasteiger partial charge in [0, 0.05) is 44.8 Å². The summed E-state index contributed by atoms with van der Waals surface area (Å²) >= 11 is 6.48. The summed E-state index contributed by atoms with van der Waals surface area (Å²) in [4.78, 5) is 38.2.